The summed E-state index contributed by atoms with van der Waals surface area (Å²) in [6.45, 7) is 2.86. The predicted molar refractivity (Wildman–Crippen MR) is 110 cm³/mol. The van der Waals surface area contributed by atoms with E-state index in [1.165, 1.54) is 6.92 Å². The molecule has 3 fully saturated rings. The van der Waals surface area contributed by atoms with Crippen LogP contribution >= 0.6 is 0 Å². The third-order valence-corrected chi connectivity index (χ3v) is 6.56. The van der Waals surface area contributed by atoms with Gasteiger partial charge < -0.3 is 59.1 Å². The Labute approximate surface area is 196 Å². The number of nitroso groups, excluding NO2 is 1. The average Bonchev–Trinajstić information content (AvgIpc) is 2.89. The van der Waals surface area contributed by atoms with Gasteiger partial charge in [-0.05, 0) is 13.8 Å². The van der Waals surface area contributed by atoms with Crippen LogP contribution in [0.2, 0.25) is 0 Å². The van der Waals surface area contributed by atoms with Crippen LogP contribution in [0.1, 0.15) is 27.2 Å². The Bertz CT molecular complexity index is 687. The van der Waals surface area contributed by atoms with Crippen LogP contribution in [0.5, 0.6) is 0 Å². The topological polar surface area (TPSA) is 206 Å². The lowest BCUT2D eigenvalue weighted by Crippen LogP contribution is -2.65. The van der Waals surface area contributed by atoms with E-state index in [1.54, 1.807) is 13.8 Å². The van der Waals surface area contributed by atoms with Gasteiger partial charge in [-0.2, -0.15) is 4.91 Å². The maximum absolute atomic E-state index is 11.6. The summed E-state index contributed by atoms with van der Waals surface area (Å²) in [5.74, 6) is -4.94. The quantitative estimate of drug-likeness (QED) is 0.202. The molecule has 0 radical (unpaired) electrons. The number of aliphatic hydroxyl groups excluding tert-OH is 5. The Hall–Kier alpha value is -0.880. The van der Waals surface area contributed by atoms with Gasteiger partial charge in [-0.3, -0.25) is 0 Å². The zero-order chi connectivity index (χ0) is 25.3. The monoisotopic (exact) mass is 497 g/mol. The predicted octanol–water partition coefficient (Wildman–Crippen LogP) is -2.46. The molecule has 0 bridgehead atoms. The van der Waals surface area contributed by atoms with Crippen LogP contribution in [0.3, 0.4) is 0 Å². The summed E-state index contributed by atoms with van der Waals surface area (Å²) in [6.07, 6.45) is -9.38. The highest BCUT2D eigenvalue weighted by Gasteiger charge is 2.54. The van der Waals surface area contributed by atoms with Crippen molar-refractivity contribution >= 4 is 0 Å². The summed E-state index contributed by atoms with van der Waals surface area (Å²) >= 11 is 0. The number of hydrogen-bond acceptors (Lipinski definition) is 14. The minimum absolute atomic E-state index is 0.0835. The van der Waals surface area contributed by atoms with Crippen molar-refractivity contribution in [2.45, 2.75) is 94.0 Å². The summed E-state index contributed by atoms with van der Waals surface area (Å²) in [5.41, 5.74) is 0. The largest absolute Gasteiger partial charge is 0.393 e. The van der Waals surface area contributed by atoms with Crippen molar-refractivity contribution < 1.29 is 59.1 Å². The van der Waals surface area contributed by atoms with Crippen LogP contribution < -0.4 is 0 Å². The fraction of sp³-hybridized carbons (Fsp3) is 1.00. The highest BCUT2D eigenvalue weighted by Crippen LogP contribution is 2.34. The first-order chi connectivity index (χ1) is 15.9. The second-order valence-corrected chi connectivity index (χ2v) is 9.15. The normalized spacial score (nSPS) is 50.5. The second kappa shape index (κ2) is 11.0. The summed E-state index contributed by atoms with van der Waals surface area (Å²) < 4.78 is 33.5. The highest BCUT2D eigenvalue weighted by atomic mass is 16.8. The van der Waals surface area contributed by atoms with E-state index in [9.17, 15) is 35.5 Å². The van der Waals surface area contributed by atoms with Gasteiger partial charge in [0, 0.05) is 12.3 Å². The molecular weight excluding hydrogens is 462 g/mol. The molecule has 0 amide bonds. The number of hydrogen-bond donors (Lipinski definition) is 6. The van der Waals surface area contributed by atoms with E-state index in [0.29, 0.717) is 0 Å². The van der Waals surface area contributed by atoms with Crippen LogP contribution in [0, 0.1) is 10.8 Å². The smallest absolute Gasteiger partial charge is 0.223 e. The van der Waals surface area contributed by atoms with Crippen molar-refractivity contribution in [1.82, 2.24) is 0 Å². The molecule has 198 valence electrons. The Morgan fingerprint density at radius 3 is 2.38 bits per heavy atom. The minimum Gasteiger partial charge on any atom is -0.393 e. The summed E-state index contributed by atoms with van der Waals surface area (Å²) in [7, 11) is 0. The molecule has 0 spiro atoms. The zero-order valence-electron chi connectivity index (χ0n) is 19.3. The first kappa shape index (κ1) is 27.7. The molecule has 34 heavy (non-hydrogen) atoms. The first-order valence-corrected chi connectivity index (χ1v) is 11.2. The van der Waals surface area contributed by atoms with Crippen molar-refractivity contribution in [2.75, 3.05) is 26.4 Å². The van der Waals surface area contributed by atoms with Gasteiger partial charge in [0.2, 0.25) is 11.6 Å². The molecule has 3 aliphatic rings. The number of ether oxygens (including phenoxy) is 6. The third-order valence-electron chi connectivity index (χ3n) is 6.56. The summed E-state index contributed by atoms with van der Waals surface area (Å²) in [4.78, 5) is 11.6. The van der Waals surface area contributed by atoms with Crippen LogP contribution in [0.25, 0.3) is 0 Å². The maximum atomic E-state index is 11.6. The molecule has 0 aromatic rings. The summed E-state index contributed by atoms with van der Waals surface area (Å²) in [6, 6.07) is -1.28. The van der Waals surface area contributed by atoms with E-state index < -0.39 is 92.6 Å². The molecule has 3 rings (SSSR count). The first-order valence-electron chi connectivity index (χ1n) is 11.2. The Morgan fingerprint density at radius 2 is 1.71 bits per heavy atom. The molecule has 14 nitrogen and oxygen atoms in total. The van der Waals surface area contributed by atoms with Crippen LogP contribution in [0.15, 0.2) is 5.18 Å². The number of nitrogens with zero attached hydrogens (tertiary/aromatic N) is 1. The molecule has 0 aromatic heterocycles. The molecule has 0 aliphatic carbocycles. The number of rotatable bonds is 7. The zero-order valence-corrected chi connectivity index (χ0v) is 19.3. The van der Waals surface area contributed by atoms with E-state index in [-0.39, 0.29) is 13.0 Å². The lowest BCUT2D eigenvalue weighted by Gasteiger charge is -2.46. The van der Waals surface area contributed by atoms with Crippen molar-refractivity contribution in [3.63, 3.8) is 0 Å². The summed E-state index contributed by atoms with van der Waals surface area (Å²) in [5, 5.41) is 63.9. The molecule has 6 N–H and O–H groups in total. The van der Waals surface area contributed by atoms with Crippen LogP contribution in [-0.4, -0.2) is 124 Å². The van der Waals surface area contributed by atoms with Crippen molar-refractivity contribution in [1.29, 1.82) is 0 Å². The molecule has 3 heterocycles. The van der Waals surface area contributed by atoms with Crippen LogP contribution in [-0.2, 0) is 28.4 Å². The van der Waals surface area contributed by atoms with Gasteiger partial charge in [-0.1, -0.05) is 12.1 Å². The van der Waals surface area contributed by atoms with E-state index in [2.05, 4.69) is 5.18 Å². The third kappa shape index (κ3) is 5.74. The van der Waals surface area contributed by atoms with Gasteiger partial charge in [0.1, 0.15) is 31.5 Å². The van der Waals surface area contributed by atoms with Crippen molar-refractivity contribution in [3.05, 3.63) is 4.91 Å². The molecule has 0 saturated carbocycles. The van der Waals surface area contributed by atoms with Gasteiger partial charge in [0.15, 0.2) is 18.6 Å². The molecular formula is C20H35NO13. The standard InChI is InChI=1S/C20H35NO13/c1-9-12(22)4-13(23)10(2)33-18(9)30-8-20(15(21-28)6-29-11(3)34-20)32-7-19(27)17(26)16(25)14(24)5-31-19/h9-18,22-27H,4-8H2,1-3H3/t9-,10+,11+,12?,13?,14+,15?,16?,17?,18?,19+,20+/m0/s1. The van der Waals surface area contributed by atoms with E-state index in [4.69, 9.17) is 28.4 Å². The Kier molecular flexibility index (Phi) is 8.98. The molecule has 12 atom stereocenters. The van der Waals surface area contributed by atoms with Gasteiger partial charge in [-0.15, -0.1) is 0 Å². The minimum atomic E-state index is -2.44. The fourth-order valence-corrected chi connectivity index (χ4v) is 4.05. The second-order valence-electron chi connectivity index (χ2n) is 9.15. The van der Waals surface area contributed by atoms with E-state index >= 15 is 0 Å². The Morgan fingerprint density at radius 1 is 1.00 bits per heavy atom. The van der Waals surface area contributed by atoms with Crippen LogP contribution in [0.4, 0.5) is 0 Å². The molecule has 3 saturated heterocycles. The lowest BCUT2D eigenvalue weighted by molar-refractivity contribution is -0.403. The molecule has 14 heteroatoms. The van der Waals surface area contributed by atoms with Gasteiger partial charge in [-0.25, -0.2) is 0 Å². The molecule has 0 aromatic carbocycles. The van der Waals surface area contributed by atoms with Crippen molar-refractivity contribution in [2.24, 2.45) is 11.1 Å². The molecule has 6 unspecified atom stereocenters. The Balaban J connectivity index is 1.79. The maximum Gasteiger partial charge on any atom is 0.223 e. The lowest BCUT2D eigenvalue weighted by atomic mass is 9.97. The van der Waals surface area contributed by atoms with Gasteiger partial charge >= 0.3 is 0 Å². The SMILES string of the molecule is C[C@@H]1OCC(N=O)[C@](COC2O[C@H](C)C(O)CC(O)[C@@H]2C)(OC[C@@]2(O)OC[C@@H](O)C(O)C2O)O1. The van der Waals surface area contributed by atoms with Gasteiger partial charge in [0.05, 0.1) is 31.5 Å². The van der Waals surface area contributed by atoms with Gasteiger partial charge in [0.25, 0.3) is 0 Å². The van der Waals surface area contributed by atoms with E-state index in [1.807, 2.05) is 0 Å². The fourth-order valence-electron chi connectivity index (χ4n) is 4.05. The number of aliphatic hydroxyl groups is 6. The van der Waals surface area contributed by atoms with E-state index in [0.717, 1.165) is 0 Å². The molecule has 3 aliphatic heterocycles. The highest BCUT2D eigenvalue weighted by molar-refractivity contribution is 4.95. The van der Waals surface area contributed by atoms with Crippen molar-refractivity contribution in [3.8, 4) is 0 Å². The average molecular weight is 497 g/mol.